The second-order valence-electron chi connectivity index (χ2n) is 5.31. The highest BCUT2D eigenvalue weighted by Gasteiger charge is 2.18. The third-order valence-corrected chi connectivity index (χ3v) is 3.50. The number of benzene rings is 2. The second-order valence-corrected chi connectivity index (χ2v) is 5.31. The number of carbonyl (C=O) groups is 3. The second kappa shape index (κ2) is 9.76. The van der Waals surface area contributed by atoms with Crippen molar-refractivity contribution in [3.05, 3.63) is 77.5 Å². The van der Waals surface area contributed by atoms with E-state index in [-0.39, 0.29) is 23.6 Å². The fourth-order valence-corrected chi connectivity index (χ4v) is 2.15. The molecule has 0 saturated carbocycles. The molecule has 0 spiro atoms. The molecule has 0 aliphatic carbocycles. The zero-order valence-electron chi connectivity index (χ0n) is 14.9. The number of hydrogen-bond acceptors (Lipinski definition) is 7. The van der Waals surface area contributed by atoms with E-state index in [1.54, 1.807) is 24.3 Å². The Morgan fingerprint density at radius 3 is 2.26 bits per heavy atom. The van der Waals surface area contributed by atoms with Crippen molar-refractivity contribution in [3.8, 4) is 0 Å². The molecule has 0 aliphatic rings. The largest absolute Gasteiger partial charge is 0.466 e. The third-order valence-electron chi connectivity index (χ3n) is 3.50. The van der Waals surface area contributed by atoms with Crippen LogP contribution >= 0.6 is 0 Å². The summed E-state index contributed by atoms with van der Waals surface area (Å²) in [5, 5.41) is 2.73. The van der Waals surface area contributed by atoms with Crippen molar-refractivity contribution >= 4 is 23.6 Å². The minimum Gasteiger partial charge on any atom is -0.466 e. The zero-order valence-corrected chi connectivity index (χ0v) is 14.9. The van der Waals surface area contributed by atoms with Gasteiger partial charge in [-0.3, -0.25) is 0 Å². The number of ether oxygens (including phenoxy) is 3. The first kappa shape index (κ1) is 19.7. The molecular formula is C20H19NO6. The number of rotatable bonds is 7. The first-order valence-corrected chi connectivity index (χ1v) is 8.00. The first-order valence-electron chi connectivity index (χ1n) is 8.00. The van der Waals surface area contributed by atoms with Crippen LogP contribution in [0.25, 0.3) is 0 Å². The molecule has 2 aromatic carbocycles. The van der Waals surface area contributed by atoms with Crippen molar-refractivity contribution in [1.29, 1.82) is 0 Å². The molecule has 0 radical (unpaired) electrons. The lowest BCUT2D eigenvalue weighted by atomic mass is 10.1. The van der Waals surface area contributed by atoms with Crippen molar-refractivity contribution < 1.29 is 28.6 Å². The van der Waals surface area contributed by atoms with Crippen LogP contribution in [0.4, 0.5) is 5.69 Å². The minimum atomic E-state index is -0.784. The van der Waals surface area contributed by atoms with E-state index in [0.717, 1.165) is 11.6 Å². The molecule has 27 heavy (non-hydrogen) atoms. The fraction of sp³-hybridized carbons (Fsp3) is 0.150. The predicted octanol–water partition coefficient (Wildman–Crippen LogP) is 2.69. The molecular weight excluding hydrogens is 350 g/mol. The molecule has 0 unspecified atom stereocenters. The molecule has 0 aliphatic heterocycles. The van der Waals surface area contributed by atoms with Gasteiger partial charge in [0.05, 0.1) is 31.5 Å². The van der Waals surface area contributed by atoms with Gasteiger partial charge in [0, 0.05) is 0 Å². The molecule has 2 rings (SSSR count). The maximum absolute atomic E-state index is 12.4. The van der Waals surface area contributed by atoms with E-state index < -0.39 is 17.9 Å². The van der Waals surface area contributed by atoms with Gasteiger partial charge in [-0.05, 0) is 17.7 Å². The van der Waals surface area contributed by atoms with Gasteiger partial charge >= 0.3 is 17.9 Å². The maximum Gasteiger partial charge on any atom is 0.354 e. The van der Waals surface area contributed by atoms with Crippen molar-refractivity contribution in [2.24, 2.45) is 0 Å². The van der Waals surface area contributed by atoms with Crippen molar-refractivity contribution in [3.63, 3.8) is 0 Å². The monoisotopic (exact) mass is 369 g/mol. The molecule has 0 saturated heterocycles. The molecule has 0 fully saturated rings. The van der Waals surface area contributed by atoms with Crippen LogP contribution in [0, 0.1) is 0 Å². The Kier molecular flexibility index (Phi) is 7.13. The van der Waals surface area contributed by atoms with Gasteiger partial charge in [-0.15, -0.1) is 0 Å². The summed E-state index contributed by atoms with van der Waals surface area (Å²) in [7, 11) is 2.36. The Balaban J connectivity index is 2.20. The van der Waals surface area contributed by atoms with Crippen LogP contribution in [-0.4, -0.2) is 32.1 Å². The number of methoxy groups -OCH3 is 2. The predicted molar refractivity (Wildman–Crippen MR) is 97.7 cm³/mol. The van der Waals surface area contributed by atoms with E-state index in [1.807, 2.05) is 30.3 Å². The summed E-state index contributed by atoms with van der Waals surface area (Å²) in [6, 6.07) is 15.7. The van der Waals surface area contributed by atoms with Gasteiger partial charge in [0.25, 0.3) is 0 Å². The quantitative estimate of drug-likeness (QED) is 0.456. The van der Waals surface area contributed by atoms with Crippen LogP contribution < -0.4 is 5.32 Å². The van der Waals surface area contributed by atoms with Crippen molar-refractivity contribution in [1.82, 2.24) is 0 Å². The number of hydrogen-bond donors (Lipinski definition) is 1. The summed E-state index contributed by atoms with van der Waals surface area (Å²) < 4.78 is 14.5. The number of carbonyl (C=O) groups excluding carboxylic acids is 3. The van der Waals surface area contributed by atoms with Crippen LogP contribution in [0.3, 0.4) is 0 Å². The number of nitrogens with one attached hydrogen (secondary N) is 1. The van der Waals surface area contributed by atoms with E-state index in [9.17, 15) is 14.4 Å². The van der Waals surface area contributed by atoms with Gasteiger partial charge in [0.2, 0.25) is 0 Å². The van der Waals surface area contributed by atoms with Crippen molar-refractivity contribution in [2.45, 2.75) is 6.61 Å². The summed E-state index contributed by atoms with van der Waals surface area (Å²) in [5.41, 5.74) is 1.16. The van der Waals surface area contributed by atoms with Gasteiger partial charge in [-0.25, -0.2) is 14.4 Å². The minimum absolute atomic E-state index is 0.107. The smallest absolute Gasteiger partial charge is 0.354 e. The highest BCUT2D eigenvalue weighted by atomic mass is 16.5. The average molecular weight is 369 g/mol. The Hall–Kier alpha value is -3.61. The first-order chi connectivity index (χ1) is 13.0. The fourth-order valence-electron chi connectivity index (χ4n) is 2.15. The van der Waals surface area contributed by atoms with Crippen LogP contribution in [-0.2, 0) is 30.4 Å². The normalized spacial score (nSPS) is 10.7. The van der Waals surface area contributed by atoms with Gasteiger partial charge in [-0.2, -0.15) is 0 Å². The number of anilines is 1. The maximum atomic E-state index is 12.4. The van der Waals surface area contributed by atoms with Crippen LogP contribution in [0.1, 0.15) is 15.9 Å². The molecule has 7 nitrogen and oxygen atoms in total. The van der Waals surface area contributed by atoms with E-state index in [2.05, 4.69) is 14.8 Å². The van der Waals surface area contributed by atoms with E-state index >= 15 is 0 Å². The van der Waals surface area contributed by atoms with Crippen LogP contribution in [0.2, 0.25) is 0 Å². The van der Waals surface area contributed by atoms with E-state index in [0.29, 0.717) is 0 Å². The molecule has 0 atom stereocenters. The Morgan fingerprint density at radius 2 is 1.59 bits per heavy atom. The topological polar surface area (TPSA) is 90.9 Å². The highest BCUT2D eigenvalue weighted by molar-refractivity contribution is 6.01. The molecule has 140 valence electrons. The van der Waals surface area contributed by atoms with Gasteiger partial charge < -0.3 is 19.5 Å². The molecule has 0 heterocycles. The molecule has 0 amide bonds. The zero-order chi connectivity index (χ0) is 19.6. The standard InChI is InChI=1S/C20H19NO6/c1-25-18(22)12-17(20(24)26-2)21-16-11-7-6-10-15(16)19(23)27-13-14-8-4-3-5-9-14/h3-12,21H,13H2,1-2H3/b17-12+. The SMILES string of the molecule is COC(=O)/C=C(/Nc1ccccc1C(=O)OCc1ccccc1)C(=O)OC. The number of esters is 3. The summed E-state index contributed by atoms with van der Waals surface area (Å²) in [5.74, 6) is -2.11. The number of para-hydroxylation sites is 1. The molecule has 2 aromatic rings. The molecule has 0 aromatic heterocycles. The highest BCUT2D eigenvalue weighted by Crippen LogP contribution is 2.19. The third kappa shape index (κ3) is 5.71. The molecule has 7 heteroatoms. The summed E-state index contributed by atoms with van der Waals surface area (Å²) in [4.78, 5) is 35.8. The lowest BCUT2D eigenvalue weighted by molar-refractivity contribution is -0.138. The summed E-state index contributed by atoms with van der Waals surface area (Å²) in [6.07, 6.45) is 0.942. The summed E-state index contributed by atoms with van der Waals surface area (Å²) in [6.45, 7) is 0.107. The molecule has 0 bridgehead atoms. The van der Waals surface area contributed by atoms with Gasteiger partial charge in [-0.1, -0.05) is 42.5 Å². The van der Waals surface area contributed by atoms with Gasteiger partial charge in [0.15, 0.2) is 0 Å². The molecule has 1 N–H and O–H groups in total. The van der Waals surface area contributed by atoms with Crippen LogP contribution in [0.5, 0.6) is 0 Å². The summed E-state index contributed by atoms with van der Waals surface area (Å²) >= 11 is 0. The van der Waals surface area contributed by atoms with E-state index in [4.69, 9.17) is 4.74 Å². The Bertz CT molecular complexity index is 845. The lowest BCUT2D eigenvalue weighted by Crippen LogP contribution is -2.17. The van der Waals surface area contributed by atoms with E-state index in [1.165, 1.54) is 14.2 Å². The van der Waals surface area contributed by atoms with Crippen LogP contribution in [0.15, 0.2) is 66.4 Å². The lowest BCUT2D eigenvalue weighted by Gasteiger charge is -2.13. The van der Waals surface area contributed by atoms with Gasteiger partial charge in [0.1, 0.15) is 12.3 Å². The Labute approximate surface area is 156 Å². The average Bonchev–Trinajstić information content (AvgIpc) is 2.71. The van der Waals surface area contributed by atoms with Crippen molar-refractivity contribution in [2.75, 3.05) is 19.5 Å². The Morgan fingerprint density at radius 1 is 0.926 bits per heavy atom.